The zero-order valence-electron chi connectivity index (χ0n) is 8.20. The zero-order valence-corrected chi connectivity index (χ0v) is 8.20. The molecule has 1 rings (SSSR count). The summed E-state index contributed by atoms with van der Waals surface area (Å²) in [5, 5.41) is 8.53. The number of nitrogens with zero attached hydrogens (tertiary/aromatic N) is 2. The highest BCUT2D eigenvalue weighted by Crippen LogP contribution is 2.06. The Bertz CT molecular complexity index is 330. The first kappa shape index (κ1) is 10.7. The van der Waals surface area contributed by atoms with Gasteiger partial charge in [-0.25, -0.2) is 4.39 Å². The summed E-state index contributed by atoms with van der Waals surface area (Å²) < 4.78 is 12.8. The van der Waals surface area contributed by atoms with Gasteiger partial charge in [0.25, 0.3) is 0 Å². The van der Waals surface area contributed by atoms with Crippen LogP contribution in [0.15, 0.2) is 24.3 Å². The van der Waals surface area contributed by atoms with Gasteiger partial charge in [0, 0.05) is 6.54 Å². The molecule has 0 unspecified atom stereocenters. The lowest BCUT2D eigenvalue weighted by Gasteiger charge is -2.16. The molecule has 0 N–H and O–H groups in total. The molecule has 0 saturated heterocycles. The summed E-state index contributed by atoms with van der Waals surface area (Å²) in [6.07, 6.45) is 0. The predicted octanol–water partition coefficient (Wildman–Crippen LogP) is 2.17. The van der Waals surface area contributed by atoms with Crippen molar-refractivity contribution in [1.82, 2.24) is 4.90 Å². The Labute approximate surface area is 83.6 Å². The van der Waals surface area contributed by atoms with Crippen LogP contribution >= 0.6 is 0 Å². The molecule has 0 fully saturated rings. The molecule has 0 heterocycles. The van der Waals surface area contributed by atoms with E-state index in [0.717, 1.165) is 12.1 Å². The lowest BCUT2D eigenvalue weighted by Crippen LogP contribution is -2.22. The fraction of sp³-hybridized carbons (Fsp3) is 0.364. The molecule has 1 aromatic carbocycles. The van der Waals surface area contributed by atoms with Crippen LogP contribution in [0.25, 0.3) is 0 Å². The molecule has 0 aliphatic heterocycles. The highest BCUT2D eigenvalue weighted by atomic mass is 19.1. The number of hydrogen-bond acceptors (Lipinski definition) is 2. The standard InChI is InChI=1S/C11H13FN2/c1-2-14(7-6-13)9-10-4-3-5-11(12)8-10/h3-5,8H,2,7,9H2,1H3. The van der Waals surface area contributed by atoms with Crippen LogP contribution in [-0.4, -0.2) is 18.0 Å². The van der Waals surface area contributed by atoms with Crippen LogP contribution in [0, 0.1) is 17.1 Å². The quantitative estimate of drug-likeness (QED) is 0.683. The maximum absolute atomic E-state index is 12.8. The van der Waals surface area contributed by atoms with Crippen LogP contribution in [0.5, 0.6) is 0 Å². The Morgan fingerprint density at radius 2 is 2.29 bits per heavy atom. The second kappa shape index (κ2) is 5.36. The van der Waals surface area contributed by atoms with Gasteiger partial charge in [-0.05, 0) is 24.2 Å². The van der Waals surface area contributed by atoms with Crippen molar-refractivity contribution in [3.63, 3.8) is 0 Å². The van der Waals surface area contributed by atoms with Crippen LogP contribution in [0.2, 0.25) is 0 Å². The highest BCUT2D eigenvalue weighted by Gasteiger charge is 2.02. The second-order valence-corrected chi connectivity index (χ2v) is 3.09. The third-order valence-electron chi connectivity index (χ3n) is 2.04. The van der Waals surface area contributed by atoms with E-state index in [-0.39, 0.29) is 5.82 Å². The van der Waals surface area contributed by atoms with Crippen molar-refractivity contribution in [1.29, 1.82) is 5.26 Å². The van der Waals surface area contributed by atoms with E-state index in [1.54, 1.807) is 6.07 Å². The summed E-state index contributed by atoms with van der Waals surface area (Å²) >= 11 is 0. The Morgan fingerprint density at radius 3 is 2.86 bits per heavy atom. The SMILES string of the molecule is CCN(CC#N)Cc1cccc(F)c1. The zero-order chi connectivity index (χ0) is 10.4. The van der Waals surface area contributed by atoms with Crippen molar-refractivity contribution < 1.29 is 4.39 Å². The monoisotopic (exact) mass is 192 g/mol. The van der Waals surface area contributed by atoms with E-state index in [2.05, 4.69) is 6.07 Å². The number of benzene rings is 1. The summed E-state index contributed by atoms with van der Waals surface area (Å²) in [4.78, 5) is 1.95. The minimum atomic E-state index is -0.226. The summed E-state index contributed by atoms with van der Waals surface area (Å²) in [5.41, 5.74) is 0.905. The van der Waals surface area contributed by atoms with Crippen molar-refractivity contribution in [3.05, 3.63) is 35.6 Å². The number of halogens is 1. The fourth-order valence-electron chi connectivity index (χ4n) is 1.27. The molecule has 0 radical (unpaired) electrons. The van der Waals surface area contributed by atoms with Gasteiger partial charge in [0.1, 0.15) is 5.82 Å². The van der Waals surface area contributed by atoms with E-state index in [0.29, 0.717) is 13.1 Å². The third kappa shape index (κ3) is 3.15. The van der Waals surface area contributed by atoms with E-state index < -0.39 is 0 Å². The van der Waals surface area contributed by atoms with Gasteiger partial charge in [0.2, 0.25) is 0 Å². The minimum Gasteiger partial charge on any atom is -0.287 e. The largest absolute Gasteiger partial charge is 0.287 e. The molecular weight excluding hydrogens is 179 g/mol. The van der Waals surface area contributed by atoms with Crippen LogP contribution in [0.4, 0.5) is 4.39 Å². The first-order valence-electron chi connectivity index (χ1n) is 4.60. The van der Waals surface area contributed by atoms with Crippen LogP contribution in [-0.2, 0) is 6.54 Å². The van der Waals surface area contributed by atoms with Gasteiger partial charge >= 0.3 is 0 Å². The topological polar surface area (TPSA) is 27.0 Å². The lowest BCUT2D eigenvalue weighted by molar-refractivity contribution is 0.314. The molecule has 0 aliphatic carbocycles. The van der Waals surface area contributed by atoms with Crippen molar-refractivity contribution in [2.75, 3.05) is 13.1 Å². The first-order chi connectivity index (χ1) is 6.76. The summed E-state index contributed by atoms with van der Waals surface area (Å²) in [5.74, 6) is -0.226. The smallest absolute Gasteiger partial charge is 0.123 e. The number of nitriles is 1. The van der Waals surface area contributed by atoms with Crippen molar-refractivity contribution >= 4 is 0 Å². The van der Waals surface area contributed by atoms with Gasteiger partial charge in [-0.2, -0.15) is 5.26 Å². The van der Waals surface area contributed by atoms with E-state index >= 15 is 0 Å². The maximum atomic E-state index is 12.8. The molecule has 0 aliphatic rings. The van der Waals surface area contributed by atoms with Gasteiger partial charge in [-0.1, -0.05) is 19.1 Å². The van der Waals surface area contributed by atoms with E-state index in [4.69, 9.17) is 5.26 Å². The Balaban J connectivity index is 2.63. The summed E-state index contributed by atoms with van der Waals surface area (Å²) in [6, 6.07) is 8.56. The Kier molecular flexibility index (Phi) is 4.09. The van der Waals surface area contributed by atoms with E-state index in [9.17, 15) is 4.39 Å². The molecule has 0 atom stereocenters. The maximum Gasteiger partial charge on any atom is 0.123 e. The lowest BCUT2D eigenvalue weighted by atomic mass is 10.2. The van der Waals surface area contributed by atoms with Crippen molar-refractivity contribution in [2.24, 2.45) is 0 Å². The molecule has 14 heavy (non-hydrogen) atoms. The van der Waals surface area contributed by atoms with Gasteiger partial charge < -0.3 is 0 Å². The molecule has 0 saturated carbocycles. The number of hydrogen-bond donors (Lipinski definition) is 0. The van der Waals surface area contributed by atoms with Crippen LogP contribution in [0.3, 0.4) is 0 Å². The molecular formula is C11H13FN2. The molecule has 74 valence electrons. The molecule has 3 heteroatoms. The summed E-state index contributed by atoms with van der Waals surface area (Å²) in [7, 11) is 0. The first-order valence-corrected chi connectivity index (χ1v) is 4.60. The van der Waals surface area contributed by atoms with Crippen LogP contribution in [0.1, 0.15) is 12.5 Å². The minimum absolute atomic E-state index is 0.226. The number of rotatable bonds is 4. The molecule has 2 nitrogen and oxygen atoms in total. The molecule has 0 amide bonds. The summed E-state index contributed by atoms with van der Waals surface area (Å²) in [6.45, 7) is 3.79. The average Bonchev–Trinajstić information content (AvgIpc) is 2.17. The Morgan fingerprint density at radius 1 is 1.50 bits per heavy atom. The molecule has 0 spiro atoms. The van der Waals surface area contributed by atoms with E-state index in [1.807, 2.05) is 17.9 Å². The van der Waals surface area contributed by atoms with Crippen molar-refractivity contribution in [3.8, 4) is 6.07 Å². The third-order valence-corrected chi connectivity index (χ3v) is 2.04. The van der Waals surface area contributed by atoms with Crippen LogP contribution < -0.4 is 0 Å². The second-order valence-electron chi connectivity index (χ2n) is 3.09. The van der Waals surface area contributed by atoms with Gasteiger partial charge in [0.15, 0.2) is 0 Å². The van der Waals surface area contributed by atoms with E-state index in [1.165, 1.54) is 12.1 Å². The average molecular weight is 192 g/mol. The highest BCUT2D eigenvalue weighted by molar-refractivity contribution is 5.16. The molecule has 0 aromatic heterocycles. The van der Waals surface area contributed by atoms with Gasteiger partial charge in [-0.3, -0.25) is 4.90 Å². The molecule has 1 aromatic rings. The van der Waals surface area contributed by atoms with Gasteiger partial charge in [0.05, 0.1) is 12.6 Å². The normalized spacial score (nSPS) is 10.1. The Hall–Kier alpha value is -1.40. The predicted molar refractivity (Wildman–Crippen MR) is 53.0 cm³/mol. The fourth-order valence-corrected chi connectivity index (χ4v) is 1.27. The van der Waals surface area contributed by atoms with Gasteiger partial charge in [-0.15, -0.1) is 0 Å². The van der Waals surface area contributed by atoms with Crippen molar-refractivity contribution in [2.45, 2.75) is 13.5 Å². The molecule has 0 bridgehead atoms.